The summed E-state index contributed by atoms with van der Waals surface area (Å²) >= 11 is 3.22. The van der Waals surface area contributed by atoms with Crippen LogP contribution in [0.25, 0.3) is 0 Å². The van der Waals surface area contributed by atoms with Crippen molar-refractivity contribution in [3.63, 3.8) is 0 Å². The Hall–Kier alpha value is 0.390. The van der Waals surface area contributed by atoms with E-state index in [9.17, 15) is 8.42 Å². The van der Waals surface area contributed by atoms with Crippen molar-refractivity contribution >= 4 is 26.0 Å². The summed E-state index contributed by atoms with van der Waals surface area (Å²) in [5, 5.41) is 0.887. The van der Waals surface area contributed by atoms with Gasteiger partial charge in [-0.15, -0.1) is 0 Å². The van der Waals surface area contributed by atoms with Crippen LogP contribution in [0.4, 0.5) is 0 Å². The highest BCUT2D eigenvalue weighted by Gasteiger charge is 2.01. The first-order chi connectivity index (χ1) is 4.56. The smallest absolute Gasteiger partial charge is 0.264 e. The molecule has 0 radical (unpaired) electrons. The van der Waals surface area contributed by atoms with E-state index in [0.717, 1.165) is 18.2 Å². The summed E-state index contributed by atoms with van der Waals surface area (Å²) in [6.45, 7) is 0. The standard InChI is InChI=1S/C5H11BrO3S/c6-4-2-1-3-5-10(7,8)9/h1-5H2,(H,7,8,9). The van der Waals surface area contributed by atoms with Gasteiger partial charge in [-0.25, -0.2) is 0 Å². The number of unbranched alkanes of at least 4 members (excludes halogenated alkanes) is 2. The minimum Gasteiger partial charge on any atom is -0.286 e. The first-order valence-corrected chi connectivity index (χ1v) is 5.80. The Morgan fingerprint density at radius 1 is 1.20 bits per heavy atom. The van der Waals surface area contributed by atoms with E-state index in [-0.39, 0.29) is 5.75 Å². The highest BCUT2D eigenvalue weighted by atomic mass is 79.9. The Morgan fingerprint density at radius 3 is 2.20 bits per heavy atom. The van der Waals surface area contributed by atoms with Gasteiger partial charge >= 0.3 is 0 Å². The molecule has 0 atom stereocenters. The molecule has 0 aliphatic heterocycles. The summed E-state index contributed by atoms with van der Waals surface area (Å²) in [6.07, 6.45) is 2.34. The molecule has 0 saturated carbocycles. The molecule has 0 fully saturated rings. The van der Waals surface area contributed by atoms with Crippen LogP contribution in [-0.2, 0) is 10.1 Å². The maximum Gasteiger partial charge on any atom is 0.264 e. The van der Waals surface area contributed by atoms with Gasteiger partial charge in [-0.1, -0.05) is 22.4 Å². The topological polar surface area (TPSA) is 54.4 Å². The van der Waals surface area contributed by atoms with Gasteiger partial charge in [-0.05, 0) is 12.8 Å². The van der Waals surface area contributed by atoms with Crippen molar-refractivity contribution in [2.75, 3.05) is 11.1 Å². The average Bonchev–Trinajstić information content (AvgIpc) is 1.78. The quantitative estimate of drug-likeness (QED) is 0.442. The zero-order valence-electron chi connectivity index (χ0n) is 5.59. The second-order valence-corrected chi connectivity index (χ2v) is 4.40. The van der Waals surface area contributed by atoms with Crippen molar-refractivity contribution < 1.29 is 13.0 Å². The van der Waals surface area contributed by atoms with E-state index >= 15 is 0 Å². The van der Waals surface area contributed by atoms with E-state index in [1.807, 2.05) is 0 Å². The molecule has 62 valence electrons. The minimum atomic E-state index is -3.72. The monoisotopic (exact) mass is 230 g/mol. The lowest BCUT2D eigenvalue weighted by molar-refractivity contribution is 0.480. The fraction of sp³-hybridized carbons (Fsp3) is 1.00. The lowest BCUT2D eigenvalue weighted by atomic mass is 10.3. The molecule has 0 spiro atoms. The Balaban J connectivity index is 3.21. The van der Waals surface area contributed by atoms with Crippen LogP contribution in [0.1, 0.15) is 19.3 Å². The van der Waals surface area contributed by atoms with Gasteiger partial charge in [0, 0.05) is 5.33 Å². The van der Waals surface area contributed by atoms with E-state index in [2.05, 4.69) is 15.9 Å². The van der Waals surface area contributed by atoms with Crippen molar-refractivity contribution in [2.45, 2.75) is 19.3 Å². The van der Waals surface area contributed by atoms with Gasteiger partial charge in [0.2, 0.25) is 0 Å². The summed E-state index contributed by atoms with van der Waals surface area (Å²) in [7, 11) is -3.72. The largest absolute Gasteiger partial charge is 0.286 e. The predicted octanol–water partition coefficient (Wildman–Crippen LogP) is 1.44. The van der Waals surface area contributed by atoms with Crippen LogP contribution in [0.15, 0.2) is 0 Å². The van der Waals surface area contributed by atoms with Gasteiger partial charge in [0.15, 0.2) is 0 Å². The normalized spacial score (nSPS) is 11.8. The van der Waals surface area contributed by atoms with Crippen molar-refractivity contribution in [1.82, 2.24) is 0 Å². The molecule has 0 aliphatic rings. The number of rotatable bonds is 5. The molecule has 0 aromatic rings. The second-order valence-electron chi connectivity index (χ2n) is 2.04. The SMILES string of the molecule is O=S(=O)(O)CCCCCBr. The summed E-state index contributed by atoms with van der Waals surface area (Å²) < 4.78 is 28.6. The fourth-order valence-electron chi connectivity index (χ4n) is 0.556. The van der Waals surface area contributed by atoms with Gasteiger partial charge in [-0.2, -0.15) is 8.42 Å². The summed E-state index contributed by atoms with van der Waals surface area (Å²) in [5.41, 5.74) is 0. The number of hydrogen-bond donors (Lipinski definition) is 1. The third kappa shape index (κ3) is 8.39. The van der Waals surface area contributed by atoms with Gasteiger partial charge in [-0.3, -0.25) is 4.55 Å². The fourth-order valence-corrected chi connectivity index (χ4v) is 1.52. The van der Waals surface area contributed by atoms with E-state index in [1.165, 1.54) is 0 Å². The van der Waals surface area contributed by atoms with Crippen molar-refractivity contribution in [3.05, 3.63) is 0 Å². The maximum absolute atomic E-state index is 10.1. The molecule has 0 aromatic carbocycles. The Morgan fingerprint density at radius 2 is 1.80 bits per heavy atom. The van der Waals surface area contributed by atoms with Gasteiger partial charge in [0.1, 0.15) is 0 Å². The Labute approximate surface area is 69.7 Å². The third-order valence-electron chi connectivity index (χ3n) is 1.04. The Bertz CT molecular complexity index is 164. The molecule has 0 bridgehead atoms. The van der Waals surface area contributed by atoms with Crippen LogP contribution in [0.3, 0.4) is 0 Å². The zero-order valence-corrected chi connectivity index (χ0v) is 7.99. The molecule has 0 unspecified atom stereocenters. The van der Waals surface area contributed by atoms with E-state index in [4.69, 9.17) is 4.55 Å². The zero-order chi connectivity index (χ0) is 8.04. The molecule has 0 aromatic heterocycles. The first kappa shape index (κ1) is 10.4. The second kappa shape index (κ2) is 5.09. The van der Waals surface area contributed by atoms with Crippen molar-refractivity contribution in [2.24, 2.45) is 0 Å². The number of alkyl halides is 1. The molecule has 0 saturated heterocycles. The molecular formula is C5H11BrO3S. The first-order valence-electron chi connectivity index (χ1n) is 3.07. The molecule has 0 rings (SSSR count). The minimum absolute atomic E-state index is 0.111. The van der Waals surface area contributed by atoms with Gasteiger partial charge in [0.05, 0.1) is 5.75 Å². The predicted molar refractivity (Wildman–Crippen MR) is 44.1 cm³/mol. The highest BCUT2D eigenvalue weighted by Crippen LogP contribution is 2.00. The molecule has 0 aliphatic carbocycles. The molecule has 5 heteroatoms. The number of halogens is 1. The van der Waals surface area contributed by atoms with E-state index in [0.29, 0.717) is 6.42 Å². The molecule has 3 nitrogen and oxygen atoms in total. The van der Waals surface area contributed by atoms with Gasteiger partial charge in [0.25, 0.3) is 10.1 Å². The molecule has 1 N–H and O–H groups in total. The average molecular weight is 231 g/mol. The van der Waals surface area contributed by atoms with Crippen LogP contribution in [0.2, 0.25) is 0 Å². The summed E-state index contributed by atoms with van der Waals surface area (Å²) in [6, 6.07) is 0. The van der Waals surface area contributed by atoms with E-state index < -0.39 is 10.1 Å². The highest BCUT2D eigenvalue weighted by molar-refractivity contribution is 9.09. The summed E-state index contributed by atoms with van der Waals surface area (Å²) in [4.78, 5) is 0. The van der Waals surface area contributed by atoms with Crippen LogP contribution < -0.4 is 0 Å². The van der Waals surface area contributed by atoms with Crippen LogP contribution in [-0.4, -0.2) is 24.1 Å². The van der Waals surface area contributed by atoms with E-state index in [1.54, 1.807) is 0 Å². The van der Waals surface area contributed by atoms with Crippen molar-refractivity contribution in [1.29, 1.82) is 0 Å². The number of hydrogen-bond acceptors (Lipinski definition) is 2. The molecule has 0 amide bonds. The molecular weight excluding hydrogens is 220 g/mol. The summed E-state index contributed by atoms with van der Waals surface area (Å²) in [5.74, 6) is -0.111. The maximum atomic E-state index is 10.1. The van der Waals surface area contributed by atoms with Crippen LogP contribution in [0.5, 0.6) is 0 Å². The molecule has 0 heterocycles. The van der Waals surface area contributed by atoms with Crippen LogP contribution >= 0.6 is 15.9 Å². The van der Waals surface area contributed by atoms with Crippen LogP contribution in [0, 0.1) is 0 Å². The Kier molecular flexibility index (Phi) is 5.29. The third-order valence-corrected chi connectivity index (χ3v) is 2.40. The lowest BCUT2D eigenvalue weighted by Gasteiger charge is -1.94. The van der Waals surface area contributed by atoms with Crippen molar-refractivity contribution in [3.8, 4) is 0 Å². The lowest BCUT2D eigenvalue weighted by Crippen LogP contribution is -2.03. The molecule has 10 heavy (non-hydrogen) atoms. The van der Waals surface area contributed by atoms with Gasteiger partial charge < -0.3 is 0 Å².